The van der Waals surface area contributed by atoms with Crippen molar-refractivity contribution < 1.29 is 18.6 Å². The summed E-state index contributed by atoms with van der Waals surface area (Å²) in [4.78, 5) is 11.2. The van der Waals surface area contributed by atoms with Crippen LogP contribution in [0.15, 0.2) is 33.5 Å². The van der Waals surface area contributed by atoms with Crippen LogP contribution in [-0.4, -0.2) is 26.4 Å². The van der Waals surface area contributed by atoms with Gasteiger partial charge in [0.05, 0.1) is 6.61 Å². The van der Waals surface area contributed by atoms with Crippen molar-refractivity contribution in [2.75, 3.05) is 26.4 Å². The summed E-state index contributed by atoms with van der Waals surface area (Å²) in [6, 6.07) is 6.42. The number of ether oxygens (including phenoxy) is 3. The normalized spacial score (nSPS) is 10.7. The minimum absolute atomic E-state index is 0.0778. The molecule has 0 bridgehead atoms. The van der Waals surface area contributed by atoms with E-state index in [-0.39, 0.29) is 6.79 Å². The fourth-order valence-corrected chi connectivity index (χ4v) is 1.77. The average molecular weight is 299 g/mol. The summed E-state index contributed by atoms with van der Waals surface area (Å²) in [6.45, 7) is 0.559. The molecule has 108 valence electrons. The summed E-state index contributed by atoms with van der Waals surface area (Å²) < 4.78 is 21.0. The predicted octanol–water partition coefficient (Wildman–Crippen LogP) is 2.78. The second kappa shape index (κ2) is 7.17. The van der Waals surface area contributed by atoms with Crippen molar-refractivity contribution in [2.45, 2.75) is 6.42 Å². The SMILES string of the molecule is COCOc1cc2oc(=O)ccc2cc1OCCCCl. The maximum atomic E-state index is 11.2. The lowest BCUT2D eigenvalue weighted by molar-refractivity contribution is 0.0486. The van der Waals surface area contributed by atoms with E-state index in [9.17, 15) is 4.79 Å². The van der Waals surface area contributed by atoms with E-state index < -0.39 is 5.63 Å². The van der Waals surface area contributed by atoms with Gasteiger partial charge in [0.25, 0.3) is 0 Å². The van der Waals surface area contributed by atoms with E-state index in [0.29, 0.717) is 29.6 Å². The van der Waals surface area contributed by atoms with E-state index in [1.807, 2.05) is 0 Å². The molecule has 2 rings (SSSR count). The summed E-state index contributed by atoms with van der Waals surface area (Å²) in [7, 11) is 1.52. The predicted molar refractivity (Wildman–Crippen MR) is 75.8 cm³/mol. The second-order valence-electron chi connectivity index (χ2n) is 4.03. The molecule has 0 saturated carbocycles. The molecule has 5 nitrogen and oxygen atoms in total. The molecule has 0 amide bonds. The summed E-state index contributed by atoms with van der Waals surface area (Å²) >= 11 is 5.62. The first-order chi connectivity index (χ1) is 9.74. The molecule has 0 aliphatic carbocycles. The van der Waals surface area contributed by atoms with Gasteiger partial charge in [-0.2, -0.15) is 0 Å². The van der Waals surface area contributed by atoms with Gasteiger partial charge in [0, 0.05) is 30.5 Å². The van der Waals surface area contributed by atoms with Gasteiger partial charge in [-0.1, -0.05) is 0 Å². The lowest BCUT2D eigenvalue weighted by Gasteiger charge is -2.12. The first-order valence-corrected chi connectivity index (χ1v) is 6.66. The molecule has 0 N–H and O–H groups in total. The first kappa shape index (κ1) is 14.7. The van der Waals surface area contributed by atoms with Gasteiger partial charge < -0.3 is 18.6 Å². The van der Waals surface area contributed by atoms with Gasteiger partial charge in [-0.05, 0) is 18.6 Å². The smallest absolute Gasteiger partial charge is 0.336 e. The molecular formula is C14H15ClO5. The summed E-state index contributed by atoms with van der Waals surface area (Å²) in [5, 5.41) is 0.759. The number of rotatable bonds is 7. The van der Waals surface area contributed by atoms with Crippen LogP contribution in [0.3, 0.4) is 0 Å². The Bertz CT molecular complexity index is 622. The molecule has 1 aromatic heterocycles. The largest absolute Gasteiger partial charge is 0.490 e. The summed E-state index contributed by atoms with van der Waals surface area (Å²) in [5.41, 5.74) is 0.0271. The molecule has 1 aromatic carbocycles. The average Bonchev–Trinajstić information content (AvgIpc) is 2.45. The third-order valence-corrected chi connectivity index (χ3v) is 2.82. The molecule has 20 heavy (non-hydrogen) atoms. The van der Waals surface area contributed by atoms with E-state index in [1.54, 1.807) is 18.2 Å². The summed E-state index contributed by atoms with van der Waals surface area (Å²) in [5.74, 6) is 1.55. The molecule has 0 aliphatic heterocycles. The lowest BCUT2D eigenvalue weighted by atomic mass is 10.2. The molecule has 0 atom stereocenters. The number of benzene rings is 1. The van der Waals surface area contributed by atoms with Gasteiger partial charge in [0.15, 0.2) is 18.3 Å². The topological polar surface area (TPSA) is 57.9 Å². The molecule has 0 fully saturated rings. The fraction of sp³-hybridized carbons (Fsp3) is 0.357. The Morgan fingerprint density at radius 1 is 1.20 bits per heavy atom. The van der Waals surface area contributed by atoms with E-state index in [2.05, 4.69) is 0 Å². The van der Waals surface area contributed by atoms with Gasteiger partial charge in [-0.3, -0.25) is 0 Å². The maximum absolute atomic E-state index is 11.2. The standard InChI is InChI=1S/C14H15ClO5/c1-17-9-19-13-8-11-10(3-4-14(16)20-11)7-12(13)18-6-2-5-15/h3-4,7-8H,2,5-6,9H2,1H3. The third-order valence-electron chi connectivity index (χ3n) is 2.55. The zero-order chi connectivity index (χ0) is 14.4. The molecule has 0 spiro atoms. The Labute approximate surface area is 121 Å². The Morgan fingerprint density at radius 2 is 2.00 bits per heavy atom. The number of alkyl halides is 1. The highest BCUT2D eigenvalue weighted by Gasteiger charge is 2.10. The van der Waals surface area contributed by atoms with Crippen LogP contribution in [0.2, 0.25) is 0 Å². The van der Waals surface area contributed by atoms with Crippen LogP contribution in [0.25, 0.3) is 11.0 Å². The van der Waals surface area contributed by atoms with E-state index >= 15 is 0 Å². The first-order valence-electron chi connectivity index (χ1n) is 6.13. The zero-order valence-corrected chi connectivity index (χ0v) is 11.8. The van der Waals surface area contributed by atoms with Crippen molar-refractivity contribution >= 4 is 22.6 Å². The minimum atomic E-state index is -0.411. The molecule has 0 unspecified atom stereocenters. The Morgan fingerprint density at radius 3 is 2.75 bits per heavy atom. The molecule has 0 saturated heterocycles. The van der Waals surface area contributed by atoms with Crippen LogP contribution in [-0.2, 0) is 4.74 Å². The van der Waals surface area contributed by atoms with Crippen LogP contribution < -0.4 is 15.1 Å². The Hall–Kier alpha value is -1.72. The molecule has 1 heterocycles. The number of hydrogen-bond acceptors (Lipinski definition) is 5. The zero-order valence-electron chi connectivity index (χ0n) is 11.1. The maximum Gasteiger partial charge on any atom is 0.336 e. The van der Waals surface area contributed by atoms with Crippen molar-refractivity contribution in [3.8, 4) is 11.5 Å². The van der Waals surface area contributed by atoms with Crippen LogP contribution >= 0.6 is 11.6 Å². The Balaban J connectivity index is 2.35. The Kier molecular flexibility index (Phi) is 5.26. The molecule has 2 aromatic rings. The van der Waals surface area contributed by atoms with Crippen molar-refractivity contribution in [3.05, 3.63) is 34.7 Å². The number of hydrogen-bond donors (Lipinski definition) is 0. The number of halogens is 1. The second-order valence-corrected chi connectivity index (χ2v) is 4.41. The van der Waals surface area contributed by atoms with Gasteiger partial charge in [-0.15, -0.1) is 11.6 Å². The molecule has 0 radical (unpaired) electrons. The van der Waals surface area contributed by atoms with Crippen LogP contribution in [0, 0.1) is 0 Å². The van der Waals surface area contributed by atoms with Crippen LogP contribution in [0.4, 0.5) is 0 Å². The van der Waals surface area contributed by atoms with Crippen LogP contribution in [0.5, 0.6) is 11.5 Å². The fourth-order valence-electron chi connectivity index (χ4n) is 1.66. The van der Waals surface area contributed by atoms with Gasteiger partial charge in [0.1, 0.15) is 5.58 Å². The highest BCUT2D eigenvalue weighted by molar-refractivity contribution is 6.17. The van der Waals surface area contributed by atoms with Gasteiger partial charge in [-0.25, -0.2) is 4.79 Å². The van der Waals surface area contributed by atoms with Crippen molar-refractivity contribution in [1.82, 2.24) is 0 Å². The molecule has 6 heteroatoms. The molecule has 0 aliphatic rings. The van der Waals surface area contributed by atoms with Gasteiger partial charge in [0.2, 0.25) is 0 Å². The molecular weight excluding hydrogens is 284 g/mol. The van der Waals surface area contributed by atoms with E-state index in [0.717, 1.165) is 11.8 Å². The quantitative estimate of drug-likeness (QED) is 0.340. The van der Waals surface area contributed by atoms with Crippen LogP contribution in [0.1, 0.15) is 6.42 Å². The number of fused-ring (bicyclic) bond motifs is 1. The van der Waals surface area contributed by atoms with Crippen molar-refractivity contribution in [1.29, 1.82) is 0 Å². The van der Waals surface area contributed by atoms with E-state index in [4.69, 9.17) is 30.2 Å². The van der Waals surface area contributed by atoms with Gasteiger partial charge >= 0.3 is 5.63 Å². The summed E-state index contributed by atoms with van der Waals surface area (Å²) in [6.07, 6.45) is 0.729. The lowest BCUT2D eigenvalue weighted by Crippen LogP contribution is -2.04. The highest BCUT2D eigenvalue weighted by Crippen LogP contribution is 2.32. The van der Waals surface area contributed by atoms with E-state index in [1.165, 1.54) is 13.2 Å². The van der Waals surface area contributed by atoms with Crippen molar-refractivity contribution in [3.63, 3.8) is 0 Å². The number of methoxy groups -OCH3 is 1. The monoisotopic (exact) mass is 298 g/mol. The highest BCUT2D eigenvalue weighted by atomic mass is 35.5. The minimum Gasteiger partial charge on any atom is -0.490 e. The van der Waals surface area contributed by atoms with Crippen molar-refractivity contribution in [2.24, 2.45) is 0 Å². The third kappa shape index (κ3) is 3.65.